The number of carbonyl (C=O) groups excluding carboxylic acids is 2. The molecule has 2 N–H and O–H groups in total. The predicted octanol–water partition coefficient (Wildman–Crippen LogP) is 4.66. The van der Waals surface area contributed by atoms with Gasteiger partial charge in [0.25, 0.3) is 15.9 Å². The van der Waals surface area contributed by atoms with E-state index >= 15 is 0 Å². The maximum absolute atomic E-state index is 13.4. The fourth-order valence-electron chi connectivity index (χ4n) is 4.85. The third-order valence-electron chi connectivity index (χ3n) is 6.71. The highest BCUT2D eigenvalue weighted by molar-refractivity contribution is 7.92. The first-order chi connectivity index (χ1) is 20.1. The van der Waals surface area contributed by atoms with E-state index in [0.29, 0.717) is 12.1 Å². The van der Waals surface area contributed by atoms with E-state index in [1.807, 2.05) is 32.0 Å². The molecule has 1 unspecified atom stereocenters. The number of hydrogen-bond donors (Lipinski definition) is 2. The van der Waals surface area contributed by atoms with Crippen molar-refractivity contribution >= 4 is 39.6 Å². The van der Waals surface area contributed by atoms with Gasteiger partial charge in [0.15, 0.2) is 0 Å². The van der Waals surface area contributed by atoms with Gasteiger partial charge in [-0.15, -0.1) is 0 Å². The van der Waals surface area contributed by atoms with Crippen molar-refractivity contribution in [2.24, 2.45) is 0 Å². The lowest BCUT2D eigenvalue weighted by atomic mass is 10.00. The molecule has 0 aliphatic carbocycles. The quantitative estimate of drug-likeness (QED) is 0.388. The molecule has 11 nitrogen and oxygen atoms in total. The summed E-state index contributed by atoms with van der Waals surface area (Å²) in [5, 5.41) is 10.7. The summed E-state index contributed by atoms with van der Waals surface area (Å²) in [5.41, 5.74) is 2.64. The Morgan fingerprint density at radius 1 is 1.00 bits per heavy atom. The molecule has 1 fully saturated rings. The van der Waals surface area contributed by atoms with E-state index in [1.165, 1.54) is 34.1 Å². The number of aromatic nitrogens is 2. The standard InChI is InChI=1S/C30H36ClN5O6S/c1-19-9-6-10-20(2)26(19)24-16-25(31)33-28(32-24)34-43(40,41)23-12-7-11-21(15-23)27(38)35-13-8-14-36(18-22(37)17-35)29(39)42-30(3,4)5/h6-7,9-12,15-16,22,37H,8,13-14,17-18H2,1-5H3,(H,32,33,34). The zero-order valence-electron chi connectivity index (χ0n) is 24.8. The van der Waals surface area contributed by atoms with E-state index in [9.17, 15) is 23.1 Å². The number of aryl methyl sites for hydroxylation is 2. The molecule has 1 saturated heterocycles. The molecule has 1 aliphatic heterocycles. The molecule has 0 spiro atoms. The van der Waals surface area contributed by atoms with Gasteiger partial charge in [-0.25, -0.2) is 27.9 Å². The smallest absolute Gasteiger partial charge is 0.410 e. The number of benzene rings is 2. The van der Waals surface area contributed by atoms with Gasteiger partial charge < -0.3 is 19.6 Å². The molecule has 43 heavy (non-hydrogen) atoms. The van der Waals surface area contributed by atoms with Gasteiger partial charge in [0.2, 0.25) is 5.95 Å². The Balaban J connectivity index is 1.51. The van der Waals surface area contributed by atoms with Crippen LogP contribution in [0.5, 0.6) is 0 Å². The van der Waals surface area contributed by atoms with Crippen LogP contribution in [0.1, 0.15) is 48.7 Å². The number of halogens is 1. The second-order valence-corrected chi connectivity index (χ2v) is 13.6. The van der Waals surface area contributed by atoms with Crippen LogP contribution in [-0.4, -0.2) is 83.2 Å². The van der Waals surface area contributed by atoms with Crippen molar-refractivity contribution in [1.29, 1.82) is 0 Å². The average molecular weight is 630 g/mol. The number of carbonyl (C=O) groups is 2. The number of rotatable bonds is 5. The van der Waals surface area contributed by atoms with E-state index < -0.39 is 33.7 Å². The highest BCUT2D eigenvalue weighted by Crippen LogP contribution is 2.28. The maximum Gasteiger partial charge on any atom is 0.410 e. The van der Waals surface area contributed by atoms with E-state index in [-0.39, 0.29) is 47.7 Å². The normalized spacial score (nSPS) is 16.3. The SMILES string of the molecule is Cc1cccc(C)c1-c1cc(Cl)nc(NS(=O)(=O)c2cccc(C(=O)N3CCCN(C(=O)OC(C)(C)C)CC(O)C3)c2)n1. The maximum atomic E-state index is 13.4. The van der Waals surface area contributed by atoms with Crippen molar-refractivity contribution in [1.82, 2.24) is 19.8 Å². The molecule has 1 atom stereocenters. The molecule has 2 aromatic carbocycles. The van der Waals surface area contributed by atoms with Gasteiger partial charge in [0, 0.05) is 36.8 Å². The lowest BCUT2D eigenvalue weighted by Crippen LogP contribution is -2.49. The number of aliphatic hydroxyl groups excluding tert-OH is 1. The van der Waals surface area contributed by atoms with Crippen LogP contribution in [0, 0.1) is 13.8 Å². The summed E-state index contributed by atoms with van der Waals surface area (Å²) in [6.07, 6.45) is -1.09. The first-order valence-corrected chi connectivity index (χ1v) is 15.7. The van der Waals surface area contributed by atoms with Gasteiger partial charge in [-0.05, 0) is 70.4 Å². The number of anilines is 1. The molecule has 230 valence electrons. The molecule has 0 radical (unpaired) electrons. The van der Waals surface area contributed by atoms with Crippen molar-refractivity contribution in [2.45, 2.75) is 57.6 Å². The van der Waals surface area contributed by atoms with E-state index in [0.717, 1.165) is 16.7 Å². The zero-order chi connectivity index (χ0) is 31.5. The lowest BCUT2D eigenvalue weighted by Gasteiger charge is -2.34. The summed E-state index contributed by atoms with van der Waals surface area (Å²) < 4.78 is 34.5. The van der Waals surface area contributed by atoms with Crippen molar-refractivity contribution in [2.75, 3.05) is 30.9 Å². The molecule has 2 heterocycles. The number of hydrogen-bond acceptors (Lipinski definition) is 8. The Bertz CT molecular complexity index is 1610. The Morgan fingerprint density at radius 2 is 1.63 bits per heavy atom. The minimum Gasteiger partial charge on any atom is -0.444 e. The van der Waals surface area contributed by atoms with Crippen LogP contribution in [0.3, 0.4) is 0 Å². The molecule has 13 heteroatoms. The summed E-state index contributed by atoms with van der Waals surface area (Å²) >= 11 is 6.24. The summed E-state index contributed by atoms with van der Waals surface area (Å²) in [5.74, 6) is -0.651. The first-order valence-electron chi connectivity index (χ1n) is 13.8. The Morgan fingerprint density at radius 3 is 2.30 bits per heavy atom. The van der Waals surface area contributed by atoms with Crippen LogP contribution in [0.4, 0.5) is 10.7 Å². The highest BCUT2D eigenvalue weighted by atomic mass is 35.5. The molecule has 1 aromatic heterocycles. The van der Waals surface area contributed by atoms with Crippen LogP contribution in [0.25, 0.3) is 11.3 Å². The van der Waals surface area contributed by atoms with Crippen LogP contribution in [0.15, 0.2) is 53.4 Å². The number of nitrogens with zero attached hydrogens (tertiary/aromatic N) is 4. The third kappa shape index (κ3) is 8.21. The Hall–Kier alpha value is -3.74. The predicted molar refractivity (Wildman–Crippen MR) is 164 cm³/mol. The van der Waals surface area contributed by atoms with Gasteiger partial charge in [0.1, 0.15) is 10.8 Å². The Labute approximate surface area is 256 Å². The topological polar surface area (TPSA) is 142 Å². The number of sulfonamides is 1. The molecular formula is C30H36ClN5O6S. The molecular weight excluding hydrogens is 594 g/mol. The van der Waals surface area contributed by atoms with Gasteiger partial charge in [-0.1, -0.05) is 35.9 Å². The number of ether oxygens (including phenoxy) is 1. The van der Waals surface area contributed by atoms with Gasteiger partial charge in [0.05, 0.1) is 23.2 Å². The second-order valence-electron chi connectivity index (χ2n) is 11.5. The van der Waals surface area contributed by atoms with Crippen molar-refractivity contribution < 1.29 is 27.9 Å². The molecule has 0 saturated carbocycles. The molecule has 4 rings (SSSR count). The van der Waals surface area contributed by atoms with E-state index in [1.54, 1.807) is 26.8 Å². The summed E-state index contributed by atoms with van der Waals surface area (Å²) in [6.45, 7) is 9.65. The largest absolute Gasteiger partial charge is 0.444 e. The second kappa shape index (κ2) is 12.9. The van der Waals surface area contributed by atoms with Crippen molar-refractivity contribution in [3.8, 4) is 11.3 Å². The molecule has 0 bridgehead atoms. The first kappa shape index (κ1) is 32.2. The Kier molecular flexibility index (Phi) is 9.63. The molecule has 2 amide bonds. The van der Waals surface area contributed by atoms with E-state index in [4.69, 9.17) is 16.3 Å². The van der Waals surface area contributed by atoms with Gasteiger partial charge >= 0.3 is 6.09 Å². The van der Waals surface area contributed by atoms with Crippen molar-refractivity contribution in [3.63, 3.8) is 0 Å². The molecule has 1 aliphatic rings. The van der Waals surface area contributed by atoms with Crippen LogP contribution >= 0.6 is 11.6 Å². The van der Waals surface area contributed by atoms with Crippen LogP contribution in [-0.2, 0) is 14.8 Å². The van der Waals surface area contributed by atoms with Crippen LogP contribution in [0.2, 0.25) is 5.15 Å². The summed E-state index contributed by atoms with van der Waals surface area (Å²) in [7, 11) is -4.20. The highest BCUT2D eigenvalue weighted by Gasteiger charge is 2.29. The van der Waals surface area contributed by atoms with Gasteiger partial charge in [-0.2, -0.15) is 0 Å². The third-order valence-corrected chi connectivity index (χ3v) is 8.23. The summed E-state index contributed by atoms with van der Waals surface area (Å²) in [4.78, 5) is 37.1. The lowest BCUT2D eigenvalue weighted by molar-refractivity contribution is 0.00469. The fourth-order valence-corrected chi connectivity index (χ4v) is 6.02. The average Bonchev–Trinajstić information content (AvgIpc) is 2.88. The summed E-state index contributed by atoms with van der Waals surface area (Å²) in [6, 6.07) is 12.9. The minimum atomic E-state index is -4.20. The van der Waals surface area contributed by atoms with Crippen molar-refractivity contribution in [3.05, 3.63) is 70.4 Å². The van der Waals surface area contributed by atoms with Gasteiger partial charge in [-0.3, -0.25) is 4.79 Å². The number of nitrogens with one attached hydrogen (secondary N) is 1. The van der Waals surface area contributed by atoms with E-state index in [2.05, 4.69) is 14.7 Å². The monoisotopic (exact) mass is 629 g/mol. The fraction of sp³-hybridized carbons (Fsp3) is 0.400. The number of amides is 2. The number of aliphatic hydroxyl groups is 1. The zero-order valence-corrected chi connectivity index (χ0v) is 26.4. The molecule has 3 aromatic rings. The minimum absolute atomic E-state index is 0.000681. The number of β-amino-alcohol motifs (C(OH)–C–C–N with tert-alkyl or cyclic N) is 1. The van der Waals surface area contributed by atoms with Crippen LogP contribution < -0.4 is 4.72 Å².